The first-order valence-corrected chi connectivity index (χ1v) is 8.61. The van der Waals surface area contributed by atoms with Gasteiger partial charge < -0.3 is 5.32 Å². The van der Waals surface area contributed by atoms with E-state index < -0.39 is 10.0 Å². The molecule has 0 radical (unpaired) electrons. The van der Waals surface area contributed by atoms with E-state index in [1.54, 1.807) is 19.2 Å². The number of sulfonamides is 1. The molecule has 1 heterocycles. The third kappa shape index (κ3) is 3.66. The van der Waals surface area contributed by atoms with E-state index in [-0.39, 0.29) is 9.92 Å². The van der Waals surface area contributed by atoms with Crippen molar-refractivity contribution in [3.05, 3.63) is 45.5 Å². The van der Waals surface area contributed by atoms with Crippen LogP contribution >= 0.6 is 27.5 Å². The fraction of sp³-hybridized carbons (Fsp3) is 0.154. The summed E-state index contributed by atoms with van der Waals surface area (Å²) in [5.74, 6) is 0.426. The highest BCUT2D eigenvalue weighted by Gasteiger charge is 2.17. The van der Waals surface area contributed by atoms with Gasteiger partial charge in [-0.2, -0.15) is 0 Å². The van der Waals surface area contributed by atoms with Crippen LogP contribution in [0.25, 0.3) is 0 Å². The summed E-state index contributed by atoms with van der Waals surface area (Å²) in [5.41, 5.74) is 1.31. The molecule has 2 N–H and O–H groups in total. The molecule has 0 bridgehead atoms. The van der Waals surface area contributed by atoms with E-state index in [1.807, 2.05) is 13.0 Å². The molecule has 21 heavy (non-hydrogen) atoms. The Hall–Kier alpha value is -1.31. The number of nitrogens with one attached hydrogen (secondary N) is 2. The van der Waals surface area contributed by atoms with Crippen LogP contribution in [-0.2, 0) is 10.0 Å². The Balaban J connectivity index is 2.36. The molecule has 0 aliphatic rings. The van der Waals surface area contributed by atoms with Crippen LogP contribution in [0.3, 0.4) is 0 Å². The highest BCUT2D eigenvalue weighted by atomic mass is 79.9. The fourth-order valence-corrected chi connectivity index (χ4v) is 3.60. The lowest BCUT2D eigenvalue weighted by atomic mass is 10.2. The predicted octanol–water partition coefficient (Wildman–Crippen LogP) is 3.65. The van der Waals surface area contributed by atoms with E-state index in [2.05, 4.69) is 31.0 Å². The Morgan fingerprint density at radius 1 is 1.29 bits per heavy atom. The minimum atomic E-state index is -3.74. The minimum absolute atomic E-state index is 0.00817. The molecule has 0 atom stereocenters. The average Bonchev–Trinajstić information content (AvgIpc) is 2.42. The number of anilines is 2. The Labute approximate surface area is 136 Å². The molecule has 0 saturated carbocycles. The molecular formula is C13H13BrClN3O2S. The summed E-state index contributed by atoms with van der Waals surface area (Å²) < 4.78 is 28.1. The number of hydrogen-bond donors (Lipinski definition) is 2. The molecule has 0 fully saturated rings. The Kier molecular flexibility index (Phi) is 4.75. The predicted molar refractivity (Wildman–Crippen MR) is 88.5 cm³/mol. The number of aryl methyl sites for hydroxylation is 1. The van der Waals surface area contributed by atoms with Crippen molar-refractivity contribution in [3.8, 4) is 0 Å². The lowest BCUT2D eigenvalue weighted by Crippen LogP contribution is -2.14. The van der Waals surface area contributed by atoms with Crippen LogP contribution in [0.1, 0.15) is 5.56 Å². The van der Waals surface area contributed by atoms with Crippen LogP contribution in [0.4, 0.5) is 11.5 Å². The van der Waals surface area contributed by atoms with Gasteiger partial charge in [0.25, 0.3) is 10.0 Å². The van der Waals surface area contributed by atoms with E-state index in [9.17, 15) is 8.42 Å². The van der Waals surface area contributed by atoms with Crippen molar-refractivity contribution in [1.82, 2.24) is 4.98 Å². The largest absolute Gasteiger partial charge is 0.372 e. The van der Waals surface area contributed by atoms with Crippen molar-refractivity contribution in [2.75, 3.05) is 17.1 Å². The third-order valence-electron chi connectivity index (χ3n) is 2.80. The zero-order valence-electron chi connectivity index (χ0n) is 11.3. The average molecular weight is 391 g/mol. The quantitative estimate of drug-likeness (QED) is 0.836. The topological polar surface area (TPSA) is 71.1 Å². The second kappa shape index (κ2) is 6.21. The zero-order chi connectivity index (χ0) is 15.6. The van der Waals surface area contributed by atoms with Crippen molar-refractivity contribution >= 4 is 49.1 Å². The van der Waals surface area contributed by atoms with Gasteiger partial charge >= 0.3 is 0 Å². The van der Waals surface area contributed by atoms with E-state index in [0.717, 1.165) is 10.0 Å². The maximum Gasteiger partial charge on any atom is 0.263 e. The molecule has 0 amide bonds. The summed E-state index contributed by atoms with van der Waals surface area (Å²) >= 11 is 9.30. The molecule has 0 aliphatic heterocycles. The number of hydrogen-bond acceptors (Lipinski definition) is 4. The summed E-state index contributed by atoms with van der Waals surface area (Å²) in [4.78, 5) is 3.98. The van der Waals surface area contributed by atoms with Crippen LogP contribution < -0.4 is 10.0 Å². The van der Waals surface area contributed by atoms with Gasteiger partial charge in [-0.15, -0.1) is 0 Å². The third-order valence-corrected chi connectivity index (χ3v) is 4.91. The first-order valence-electron chi connectivity index (χ1n) is 5.96. The van der Waals surface area contributed by atoms with E-state index in [4.69, 9.17) is 11.6 Å². The van der Waals surface area contributed by atoms with Gasteiger partial charge in [0.1, 0.15) is 10.7 Å². The van der Waals surface area contributed by atoms with Gasteiger partial charge in [0.15, 0.2) is 0 Å². The molecule has 5 nitrogen and oxygen atoms in total. The molecule has 0 spiro atoms. The van der Waals surface area contributed by atoms with Crippen LogP contribution in [0, 0.1) is 6.92 Å². The van der Waals surface area contributed by atoms with E-state index in [0.29, 0.717) is 11.5 Å². The summed E-state index contributed by atoms with van der Waals surface area (Å²) in [6, 6.07) is 6.64. The van der Waals surface area contributed by atoms with Crippen molar-refractivity contribution in [3.63, 3.8) is 0 Å². The van der Waals surface area contributed by atoms with Gasteiger partial charge in [0, 0.05) is 17.7 Å². The molecule has 1 aromatic heterocycles. The summed E-state index contributed by atoms with van der Waals surface area (Å²) in [7, 11) is -2.08. The lowest BCUT2D eigenvalue weighted by molar-refractivity contribution is 0.601. The van der Waals surface area contributed by atoms with Crippen LogP contribution in [-0.4, -0.2) is 20.4 Å². The number of nitrogens with zero attached hydrogens (tertiary/aromatic N) is 1. The first kappa shape index (κ1) is 16.1. The van der Waals surface area contributed by atoms with Gasteiger partial charge in [0.05, 0.1) is 10.7 Å². The van der Waals surface area contributed by atoms with Gasteiger partial charge in [-0.25, -0.2) is 13.4 Å². The Bertz CT molecular complexity index is 781. The number of aromatic nitrogens is 1. The van der Waals surface area contributed by atoms with Gasteiger partial charge in [-0.1, -0.05) is 27.5 Å². The van der Waals surface area contributed by atoms with Crippen LogP contribution in [0.15, 0.2) is 39.8 Å². The van der Waals surface area contributed by atoms with Crippen molar-refractivity contribution in [2.24, 2.45) is 0 Å². The normalized spacial score (nSPS) is 11.2. The van der Waals surface area contributed by atoms with Gasteiger partial charge in [0.2, 0.25) is 0 Å². The second-order valence-corrected chi connectivity index (χ2v) is 7.32. The molecule has 8 heteroatoms. The van der Waals surface area contributed by atoms with Crippen LogP contribution in [0.2, 0.25) is 5.02 Å². The fourth-order valence-electron chi connectivity index (χ4n) is 1.70. The summed E-state index contributed by atoms with van der Waals surface area (Å²) in [6.45, 7) is 1.82. The SMILES string of the molecule is CNc1ncc(S(=O)(=O)Nc2ccc(Br)cc2C)cc1Cl. The monoisotopic (exact) mass is 389 g/mol. The molecule has 2 aromatic rings. The maximum atomic E-state index is 12.3. The molecule has 0 unspecified atom stereocenters. The van der Waals surface area contributed by atoms with Crippen molar-refractivity contribution < 1.29 is 8.42 Å². The number of benzene rings is 1. The standard InChI is InChI=1S/C13H13BrClN3O2S/c1-8-5-9(14)3-4-12(8)18-21(19,20)10-6-11(15)13(16-2)17-7-10/h3-7,18H,1-2H3,(H,16,17). The van der Waals surface area contributed by atoms with Gasteiger partial charge in [-0.3, -0.25) is 4.72 Å². The van der Waals surface area contributed by atoms with Gasteiger partial charge in [-0.05, 0) is 36.8 Å². The molecule has 1 aromatic carbocycles. The molecular weight excluding hydrogens is 378 g/mol. The van der Waals surface area contributed by atoms with Crippen LogP contribution in [0.5, 0.6) is 0 Å². The van der Waals surface area contributed by atoms with E-state index in [1.165, 1.54) is 12.3 Å². The minimum Gasteiger partial charge on any atom is -0.372 e. The van der Waals surface area contributed by atoms with E-state index >= 15 is 0 Å². The number of pyridine rings is 1. The molecule has 0 aliphatic carbocycles. The second-order valence-electron chi connectivity index (χ2n) is 4.32. The lowest BCUT2D eigenvalue weighted by Gasteiger charge is -2.11. The summed E-state index contributed by atoms with van der Waals surface area (Å²) in [6.07, 6.45) is 1.26. The molecule has 2 rings (SSSR count). The Morgan fingerprint density at radius 2 is 2.00 bits per heavy atom. The zero-order valence-corrected chi connectivity index (χ0v) is 14.5. The number of rotatable bonds is 4. The maximum absolute atomic E-state index is 12.3. The summed E-state index contributed by atoms with van der Waals surface area (Å²) in [5, 5.41) is 3.02. The first-order chi connectivity index (χ1) is 9.83. The highest BCUT2D eigenvalue weighted by Crippen LogP contribution is 2.26. The van der Waals surface area contributed by atoms with Crippen molar-refractivity contribution in [2.45, 2.75) is 11.8 Å². The van der Waals surface area contributed by atoms with Crippen molar-refractivity contribution in [1.29, 1.82) is 0 Å². The number of halogens is 2. The Morgan fingerprint density at radius 3 is 2.57 bits per heavy atom. The smallest absolute Gasteiger partial charge is 0.263 e. The molecule has 0 saturated heterocycles. The molecule has 112 valence electrons. The highest BCUT2D eigenvalue weighted by molar-refractivity contribution is 9.10.